The average molecular weight is 237 g/mol. The summed E-state index contributed by atoms with van der Waals surface area (Å²) in [5, 5.41) is 3.76. The molecule has 1 aliphatic carbocycles. The monoisotopic (exact) mass is 237 g/mol. The maximum absolute atomic E-state index is 3.76. The van der Waals surface area contributed by atoms with E-state index in [-0.39, 0.29) is 0 Å². The summed E-state index contributed by atoms with van der Waals surface area (Å²) in [4.78, 5) is 0. The SMILES string of the molecule is CCCC(CC)[C@H](NCC)C(=C1CC1)C(C)C. The molecule has 1 aliphatic rings. The van der Waals surface area contributed by atoms with Crippen molar-refractivity contribution in [1.29, 1.82) is 0 Å². The molecule has 0 aromatic rings. The van der Waals surface area contributed by atoms with Crippen LogP contribution in [0.25, 0.3) is 0 Å². The van der Waals surface area contributed by atoms with Gasteiger partial charge in [-0.3, -0.25) is 0 Å². The number of hydrogen-bond acceptors (Lipinski definition) is 1. The molecule has 0 spiro atoms. The van der Waals surface area contributed by atoms with E-state index >= 15 is 0 Å². The summed E-state index contributed by atoms with van der Waals surface area (Å²) < 4.78 is 0. The lowest BCUT2D eigenvalue weighted by molar-refractivity contribution is 0.344. The van der Waals surface area contributed by atoms with Crippen molar-refractivity contribution in [3.63, 3.8) is 0 Å². The molecule has 1 saturated carbocycles. The van der Waals surface area contributed by atoms with E-state index in [4.69, 9.17) is 0 Å². The lowest BCUT2D eigenvalue weighted by Gasteiger charge is -2.31. The molecule has 2 atom stereocenters. The highest BCUT2D eigenvalue weighted by atomic mass is 14.9. The standard InChI is InChI=1S/C16H31N/c1-6-9-13(7-2)16(17-8-3)15(12(4)5)14-10-11-14/h12-13,16-17H,6-11H2,1-5H3/t13?,16-/m0/s1. The summed E-state index contributed by atoms with van der Waals surface area (Å²) in [5.41, 5.74) is 3.49. The number of rotatable bonds is 8. The van der Waals surface area contributed by atoms with Crippen molar-refractivity contribution in [2.45, 2.75) is 72.8 Å². The molecule has 0 aromatic heterocycles. The number of nitrogens with one attached hydrogen (secondary N) is 1. The van der Waals surface area contributed by atoms with Crippen LogP contribution in [0, 0.1) is 11.8 Å². The van der Waals surface area contributed by atoms with Gasteiger partial charge in [0, 0.05) is 6.04 Å². The third-order valence-corrected chi connectivity index (χ3v) is 3.94. The topological polar surface area (TPSA) is 12.0 Å². The van der Waals surface area contributed by atoms with Gasteiger partial charge in [-0.25, -0.2) is 0 Å². The van der Waals surface area contributed by atoms with Crippen molar-refractivity contribution in [2.24, 2.45) is 11.8 Å². The van der Waals surface area contributed by atoms with Gasteiger partial charge in [-0.2, -0.15) is 0 Å². The predicted molar refractivity (Wildman–Crippen MR) is 77.3 cm³/mol. The van der Waals surface area contributed by atoms with Crippen LogP contribution >= 0.6 is 0 Å². The Labute approximate surface area is 108 Å². The molecule has 1 nitrogen and oxygen atoms in total. The molecule has 1 unspecified atom stereocenters. The van der Waals surface area contributed by atoms with Crippen LogP contribution < -0.4 is 5.32 Å². The van der Waals surface area contributed by atoms with E-state index in [2.05, 4.69) is 39.9 Å². The summed E-state index contributed by atoms with van der Waals surface area (Å²) in [5.74, 6) is 1.54. The summed E-state index contributed by atoms with van der Waals surface area (Å²) in [6.45, 7) is 12.7. The molecule has 1 heteroatoms. The fraction of sp³-hybridized carbons (Fsp3) is 0.875. The van der Waals surface area contributed by atoms with Gasteiger partial charge in [0.25, 0.3) is 0 Å². The number of likely N-dealkylation sites (N-methyl/N-ethyl adjacent to an activating group) is 1. The molecule has 0 aromatic carbocycles. The van der Waals surface area contributed by atoms with Crippen LogP contribution in [0.2, 0.25) is 0 Å². The molecular weight excluding hydrogens is 206 g/mol. The molecule has 17 heavy (non-hydrogen) atoms. The Morgan fingerprint density at radius 2 is 1.82 bits per heavy atom. The lowest BCUT2D eigenvalue weighted by Crippen LogP contribution is -2.39. The molecule has 0 radical (unpaired) electrons. The minimum atomic E-state index is 0.641. The van der Waals surface area contributed by atoms with Crippen molar-refractivity contribution in [1.82, 2.24) is 5.32 Å². The Hall–Kier alpha value is -0.300. The van der Waals surface area contributed by atoms with Crippen LogP contribution in [0.5, 0.6) is 0 Å². The van der Waals surface area contributed by atoms with Gasteiger partial charge in [0.15, 0.2) is 0 Å². The van der Waals surface area contributed by atoms with Gasteiger partial charge in [0.05, 0.1) is 0 Å². The fourth-order valence-electron chi connectivity index (χ4n) is 3.07. The van der Waals surface area contributed by atoms with Crippen LogP contribution in [0.4, 0.5) is 0 Å². The van der Waals surface area contributed by atoms with Gasteiger partial charge in [0.1, 0.15) is 0 Å². The van der Waals surface area contributed by atoms with Crippen LogP contribution in [0.1, 0.15) is 66.7 Å². The number of hydrogen-bond donors (Lipinski definition) is 1. The van der Waals surface area contributed by atoms with E-state index in [9.17, 15) is 0 Å². The van der Waals surface area contributed by atoms with E-state index < -0.39 is 0 Å². The van der Waals surface area contributed by atoms with E-state index in [0.29, 0.717) is 12.0 Å². The quantitative estimate of drug-likeness (QED) is 0.611. The predicted octanol–water partition coefficient (Wildman–Crippen LogP) is 4.54. The zero-order valence-electron chi connectivity index (χ0n) is 12.5. The van der Waals surface area contributed by atoms with Crippen molar-refractivity contribution >= 4 is 0 Å². The molecule has 0 bridgehead atoms. The van der Waals surface area contributed by atoms with Crippen LogP contribution in [0.3, 0.4) is 0 Å². The summed E-state index contributed by atoms with van der Waals surface area (Å²) in [7, 11) is 0. The minimum absolute atomic E-state index is 0.641. The second kappa shape index (κ2) is 7.20. The van der Waals surface area contributed by atoms with Crippen LogP contribution in [0.15, 0.2) is 11.1 Å². The maximum Gasteiger partial charge on any atom is 0.0312 e. The first kappa shape index (κ1) is 14.8. The fourth-order valence-corrected chi connectivity index (χ4v) is 3.07. The van der Waals surface area contributed by atoms with Crippen LogP contribution in [-0.4, -0.2) is 12.6 Å². The summed E-state index contributed by atoms with van der Waals surface area (Å²) in [6, 6.07) is 0.641. The Kier molecular flexibility index (Phi) is 6.26. The second-order valence-corrected chi connectivity index (χ2v) is 5.71. The first-order valence-corrected chi connectivity index (χ1v) is 7.60. The molecule has 1 N–H and O–H groups in total. The van der Waals surface area contributed by atoms with E-state index in [1.54, 1.807) is 11.1 Å². The average Bonchev–Trinajstić information content (AvgIpc) is 3.09. The molecule has 1 rings (SSSR count). The Balaban J connectivity index is 2.85. The second-order valence-electron chi connectivity index (χ2n) is 5.71. The highest BCUT2D eigenvalue weighted by molar-refractivity contribution is 5.31. The van der Waals surface area contributed by atoms with Gasteiger partial charge >= 0.3 is 0 Å². The smallest absolute Gasteiger partial charge is 0.0312 e. The van der Waals surface area contributed by atoms with Gasteiger partial charge < -0.3 is 5.32 Å². The highest BCUT2D eigenvalue weighted by Gasteiger charge is 2.29. The number of allylic oxidation sites excluding steroid dienone is 1. The maximum atomic E-state index is 3.76. The van der Waals surface area contributed by atoms with Crippen molar-refractivity contribution in [3.05, 3.63) is 11.1 Å². The molecular formula is C16H31N. The van der Waals surface area contributed by atoms with Gasteiger partial charge in [0.2, 0.25) is 0 Å². The minimum Gasteiger partial charge on any atom is -0.310 e. The van der Waals surface area contributed by atoms with E-state index in [0.717, 1.165) is 12.5 Å². The van der Waals surface area contributed by atoms with Crippen molar-refractivity contribution < 1.29 is 0 Å². The zero-order chi connectivity index (χ0) is 12.8. The third-order valence-electron chi connectivity index (χ3n) is 3.94. The Morgan fingerprint density at radius 1 is 1.18 bits per heavy atom. The van der Waals surface area contributed by atoms with Gasteiger partial charge in [-0.05, 0) is 37.6 Å². The first-order valence-electron chi connectivity index (χ1n) is 7.60. The van der Waals surface area contributed by atoms with Crippen molar-refractivity contribution in [3.8, 4) is 0 Å². The molecule has 100 valence electrons. The largest absolute Gasteiger partial charge is 0.310 e. The summed E-state index contributed by atoms with van der Waals surface area (Å²) >= 11 is 0. The molecule has 0 aliphatic heterocycles. The molecule has 1 fully saturated rings. The van der Waals surface area contributed by atoms with Gasteiger partial charge in [-0.1, -0.05) is 58.6 Å². The Morgan fingerprint density at radius 3 is 2.18 bits per heavy atom. The lowest BCUT2D eigenvalue weighted by atomic mass is 9.82. The van der Waals surface area contributed by atoms with Crippen molar-refractivity contribution in [2.75, 3.05) is 6.54 Å². The summed E-state index contributed by atoms with van der Waals surface area (Å²) in [6.07, 6.45) is 6.68. The molecule has 0 heterocycles. The molecule has 0 saturated heterocycles. The van der Waals surface area contributed by atoms with E-state index in [1.165, 1.54) is 32.1 Å². The van der Waals surface area contributed by atoms with E-state index in [1.807, 2.05) is 0 Å². The molecule has 0 amide bonds. The van der Waals surface area contributed by atoms with Gasteiger partial charge in [-0.15, -0.1) is 0 Å². The van der Waals surface area contributed by atoms with Crippen LogP contribution in [-0.2, 0) is 0 Å². The zero-order valence-corrected chi connectivity index (χ0v) is 12.5. The normalized spacial score (nSPS) is 18.4. The first-order chi connectivity index (χ1) is 8.15. The third kappa shape index (κ3) is 4.13. The highest BCUT2D eigenvalue weighted by Crippen LogP contribution is 2.39. The Bertz CT molecular complexity index is 246.